The zero-order chi connectivity index (χ0) is 36.8. The Morgan fingerprint density at radius 2 is 1.25 bits per heavy atom. The summed E-state index contributed by atoms with van der Waals surface area (Å²) in [6.07, 6.45) is 2.69. The van der Waals surface area contributed by atoms with E-state index in [1.54, 1.807) is 28.3 Å². The first-order valence-corrected chi connectivity index (χ1v) is 19.6. The lowest BCUT2D eigenvalue weighted by atomic mass is 9.65. The normalized spacial score (nSPS) is 23.9. The van der Waals surface area contributed by atoms with E-state index in [1.165, 1.54) is 16.7 Å². The second kappa shape index (κ2) is 12.4. The third-order valence-corrected chi connectivity index (χ3v) is 13.2. The van der Waals surface area contributed by atoms with Crippen molar-refractivity contribution in [3.8, 4) is 34.5 Å². The van der Waals surface area contributed by atoms with Crippen molar-refractivity contribution in [1.82, 2.24) is 11.0 Å². The number of aromatic hydroxyl groups is 1. The molecule has 1 spiro atoms. The summed E-state index contributed by atoms with van der Waals surface area (Å²) in [5.74, 6) is 4.67. The Morgan fingerprint density at radius 1 is 0.804 bits per heavy atom. The first kappa shape index (κ1) is 35.5. The van der Waals surface area contributed by atoms with Gasteiger partial charge in [-0.25, -0.2) is 11.0 Å². The van der Waals surface area contributed by atoms with Crippen molar-refractivity contribution in [2.24, 2.45) is 9.98 Å². The van der Waals surface area contributed by atoms with Gasteiger partial charge in [0.15, 0.2) is 46.2 Å². The number of fused-ring (bicyclic) bond motifs is 7. The van der Waals surface area contributed by atoms with E-state index in [-0.39, 0.29) is 33.8 Å². The molecule has 4 unspecified atom stereocenters. The van der Waals surface area contributed by atoms with E-state index in [4.69, 9.17) is 23.7 Å². The molecule has 4 atom stereocenters. The summed E-state index contributed by atoms with van der Waals surface area (Å²) >= 11 is 0. The number of nitrogens with zero attached hydrogens (tertiary/aromatic N) is 2. The molecule has 3 aromatic rings. The fourth-order valence-electron chi connectivity index (χ4n) is 9.38. The summed E-state index contributed by atoms with van der Waals surface area (Å²) < 4.78 is 20.3. The molecule has 7 rings (SSSR count). The topological polar surface area (TPSA) is 115 Å². The molecule has 0 saturated heterocycles. The van der Waals surface area contributed by atoms with Crippen molar-refractivity contribution in [2.45, 2.75) is 89.4 Å². The summed E-state index contributed by atoms with van der Waals surface area (Å²) in [5, 5.41) is 11.4. The van der Waals surface area contributed by atoms with Crippen molar-refractivity contribution in [3.63, 3.8) is 0 Å². The van der Waals surface area contributed by atoms with E-state index < -0.39 is 8.15 Å². The summed E-state index contributed by atoms with van der Waals surface area (Å²) in [7, 11) is 5.95. The van der Waals surface area contributed by atoms with Crippen molar-refractivity contribution in [3.05, 3.63) is 68.8 Å². The van der Waals surface area contributed by atoms with Crippen LogP contribution in [0.2, 0.25) is 0 Å². The van der Waals surface area contributed by atoms with Gasteiger partial charge in [-0.15, -0.1) is 0 Å². The largest absolute Gasteiger partial charge is 0.504 e. The summed E-state index contributed by atoms with van der Waals surface area (Å²) in [5.41, 5.74) is 13.9. The molecular weight excluding hydrogens is 663 g/mol. The highest BCUT2D eigenvalue weighted by Gasteiger charge is 2.57. The molecule has 3 aliphatic carbocycles. The number of aliphatic imine (C=N–C) groups is 2. The molecule has 0 aromatic heterocycles. The van der Waals surface area contributed by atoms with Crippen molar-refractivity contribution >= 4 is 19.8 Å². The Kier molecular flexibility index (Phi) is 8.63. The smallest absolute Gasteiger partial charge is 0.182 e. The third-order valence-electron chi connectivity index (χ3n) is 11.8. The van der Waals surface area contributed by atoms with E-state index in [9.17, 15) is 5.11 Å². The monoisotopic (exact) mass is 714 g/mol. The van der Waals surface area contributed by atoms with E-state index >= 15 is 0 Å². The van der Waals surface area contributed by atoms with Crippen molar-refractivity contribution < 1.29 is 28.8 Å². The summed E-state index contributed by atoms with van der Waals surface area (Å²) in [4.78, 5) is 20.0. The number of hydrogen-bond acceptors (Lipinski definition) is 8. The number of phenolic OH excluding ortho intramolecular Hbond substituents is 1. The van der Waals surface area contributed by atoms with Crippen LogP contribution in [0.15, 0.2) is 34.3 Å². The van der Waals surface area contributed by atoms with Gasteiger partial charge in [-0.05, 0) is 106 Å². The van der Waals surface area contributed by atoms with E-state index in [0.717, 1.165) is 46.8 Å². The van der Waals surface area contributed by atoms with Gasteiger partial charge < -0.3 is 19.1 Å². The molecule has 1 heterocycles. The van der Waals surface area contributed by atoms with Crippen LogP contribution in [0.1, 0.15) is 118 Å². The third kappa shape index (κ3) is 5.15. The van der Waals surface area contributed by atoms with Gasteiger partial charge in [0, 0.05) is 19.5 Å². The van der Waals surface area contributed by atoms with Gasteiger partial charge in [-0.1, -0.05) is 48.5 Å². The van der Waals surface area contributed by atoms with Crippen LogP contribution in [0, 0.1) is 0 Å². The van der Waals surface area contributed by atoms with Gasteiger partial charge in [0.2, 0.25) is 0 Å². The average molecular weight is 715 g/mol. The van der Waals surface area contributed by atoms with Crippen molar-refractivity contribution in [1.29, 1.82) is 0 Å². The van der Waals surface area contributed by atoms with Crippen LogP contribution in [-0.4, -0.2) is 57.9 Å². The van der Waals surface area contributed by atoms with Gasteiger partial charge in [-0.2, -0.15) is 0 Å². The predicted molar refractivity (Wildman–Crippen MR) is 203 cm³/mol. The average Bonchev–Trinajstić information content (AvgIpc) is 3.45. The second-order valence-electron chi connectivity index (χ2n) is 15.7. The molecule has 51 heavy (non-hydrogen) atoms. The Balaban J connectivity index is 1.44. The van der Waals surface area contributed by atoms with Crippen LogP contribution >= 0.6 is 8.15 Å². The minimum absolute atomic E-state index is 0.152. The zero-order valence-corrected chi connectivity index (χ0v) is 32.8. The number of nitrogens with one attached hydrogen (secondary N) is 2. The number of benzene rings is 3. The lowest BCUT2D eigenvalue weighted by molar-refractivity contribution is 0.144. The van der Waals surface area contributed by atoms with Crippen LogP contribution in [0.5, 0.6) is 34.5 Å². The highest BCUT2D eigenvalue weighted by molar-refractivity contribution is 7.52. The van der Waals surface area contributed by atoms with E-state index in [2.05, 4.69) is 94.3 Å². The van der Waals surface area contributed by atoms with Crippen LogP contribution in [-0.2, 0) is 25.9 Å². The lowest BCUT2D eigenvalue weighted by Crippen LogP contribution is -2.35. The number of ether oxygens (including phenoxy) is 2. The molecule has 1 aliphatic heterocycles. The number of amidine groups is 2. The molecule has 4 aliphatic rings. The molecule has 0 amide bonds. The highest BCUT2D eigenvalue weighted by Crippen LogP contribution is 2.67. The molecule has 0 saturated carbocycles. The number of hydroxylamine groups is 2. The van der Waals surface area contributed by atoms with Gasteiger partial charge in [-0.3, -0.25) is 19.7 Å². The molecule has 272 valence electrons. The van der Waals surface area contributed by atoms with Gasteiger partial charge >= 0.3 is 0 Å². The van der Waals surface area contributed by atoms with Gasteiger partial charge in [0.1, 0.15) is 0 Å². The Morgan fingerprint density at radius 3 is 1.71 bits per heavy atom. The Bertz CT molecular complexity index is 2010. The lowest BCUT2D eigenvalue weighted by Gasteiger charge is -2.42. The van der Waals surface area contributed by atoms with Crippen LogP contribution in [0.4, 0.5) is 0 Å². The fraction of sp³-hybridized carbons (Fsp3) is 0.500. The minimum atomic E-state index is -0.669. The van der Waals surface area contributed by atoms with E-state index in [1.807, 2.05) is 6.07 Å². The maximum Gasteiger partial charge on any atom is 0.182 e. The maximum atomic E-state index is 11.4. The van der Waals surface area contributed by atoms with Crippen LogP contribution in [0.3, 0.4) is 0 Å². The quantitative estimate of drug-likeness (QED) is 0.0755. The summed E-state index contributed by atoms with van der Waals surface area (Å²) in [6, 6.07) is 8.41. The maximum absolute atomic E-state index is 11.4. The standard InChI is InChI=1S/C40H51N4O6P/c1-13-51(12)50-27-15-22-24(14-26(27)45)40(18-38(22,4)5)19-39(6,7)23-16-28-29(17-25(23)40)49-35-33(37(42-9)44-47-11)31-21(3)20(2)30(31)32(34(35)48-28)36(41-8)43-46-10/h14-17,20-21,45H,13,18-19H2,1-12H3,(H,41,43)(H,42,44). The Labute approximate surface area is 302 Å². The molecule has 11 heteroatoms. The van der Waals surface area contributed by atoms with Gasteiger partial charge in [0.05, 0.1) is 33.5 Å². The van der Waals surface area contributed by atoms with E-state index in [0.29, 0.717) is 40.4 Å². The molecule has 10 nitrogen and oxygen atoms in total. The first-order valence-electron chi connectivity index (χ1n) is 17.8. The number of rotatable bonds is 7. The van der Waals surface area contributed by atoms with Crippen LogP contribution in [0.25, 0.3) is 0 Å². The van der Waals surface area contributed by atoms with Crippen molar-refractivity contribution in [2.75, 3.05) is 41.1 Å². The molecular formula is C40H51N4O6P. The van der Waals surface area contributed by atoms with Gasteiger partial charge in [0.25, 0.3) is 0 Å². The molecule has 0 fully saturated rings. The number of phenols is 1. The second-order valence-corrected chi connectivity index (χ2v) is 17.8. The Hall–Kier alpha value is -3.85. The fourth-order valence-corrected chi connectivity index (χ4v) is 9.99. The predicted octanol–water partition coefficient (Wildman–Crippen LogP) is 8.64. The summed E-state index contributed by atoms with van der Waals surface area (Å²) in [6.45, 7) is 17.9. The SMILES string of the molecule is CCP(C)Oc1cc2c(cc1O)C1(CC2(C)C)CC(C)(C)c2cc3c(cc21)Oc1c(c(C(=NC)NOC)c2c(c1C(=NC)NOC)C(C)C2C)O3. The molecule has 0 radical (unpaired) electrons. The highest BCUT2D eigenvalue weighted by atomic mass is 31.1. The molecule has 0 bridgehead atoms. The molecule has 3 N–H and O–H groups in total. The van der Waals surface area contributed by atoms with Crippen LogP contribution < -0.4 is 25.0 Å². The number of hydrogen-bond donors (Lipinski definition) is 3. The zero-order valence-electron chi connectivity index (χ0n) is 31.9. The molecule has 3 aromatic carbocycles. The minimum Gasteiger partial charge on any atom is -0.504 e. The first-order chi connectivity index (χ1) is 24.2.